The summed E-state index contributed by atoms with van der Waals surface area (Å²) in [5.74, 6) is 1.03. The minimum Gasteiger partial charge on any atom is -0.385 e. The van der Waals surface area contributed by atoms with Crippen LogP contribution in [0, 0.1) is 11.8 Å². The van der Waals surface area contributed by atoms with Crippen molar-refractivity contribution in [3.63, 3.8) is 0 Å². The highest BCUT2D eigenvalue weighted by Crippen LogP contribution is 2.51. The monoisotopic (exact) mass is 224 g/mol. The molecule has 4 unspecified atom stereocenters. The second kappa shape index (κ2) is 3.44. The molecule has 1 aliphatic heterocycles. The van der Waals surface area contributed by atoms with E-state index in [2.05, 4.69) is 4.99 Å². The van der Waals surface area contributed by atoms with E-state index in [1.807, 2.05) is 0 Å². The summed E-state index contributed by atoms with van der Waals surface area (Å²) in [5, 5.41) is 10.8. The van der Waals surface area contributed by atoms with Crippen molar-refractivity contribution in [1.82, 2.24) is 0 Å². The van der Waals surface area contributed by atoms with E-state index in [1.54, 1.807) is 7.11 Å². The smallest absolute Gasteiger partial charge is 0.129 e. The van der Waals surface area contributed by atoms with Crippen LogP contribution >= 0.6 is 0 Å². The van der Waals surface area contributed by atoms with Gasteiger partial charge in [0.2, 0.25) is 0 Å². The summed E-state index contributed by atoms with van der Waals surface area (Å²) in [4.78, 5) is 4.48. The van der Waals surface area contributed by atoms with E-state index in [1.165, 1.54) is 0 Å². The van der Waals surface area contributed by atoms with E-state index in [0.717, 1.165) is 32.1 Å². The Morgan fingerprint density at radius 2 is 2.12 bits per heavy atom. The lowest BCUT2D eigenvalue weighted by Gasteiger charge is -2.38. The van der Waals surface area contributed by atoms with Crippen LogP contribution in [-0.2, 0) is 4.74 Å². The molecule has 0 aromatic heterocycles. The number of hydrogen-bond donors (Lipinski definition) is 2. The van der Waals surface area contributed by atoms with Gasteiger partial charge in [0, 0.05) is 13.0 Å². The van der Waals surface area contributed by atoms with Gasteiger partial charge < -0.3 is 15.6 Å². The Kier molecular flexibility index (Phi) is 2.27. The zero-order valence-electron chi connectivity index (χ0n) is 9.72. The van der Waals surface area contributed by atoms with Crippen molar-refractivity contribution in [2.24, 2.45) is 22.6 Å². The first-order valence-corrected chi connectivity index (χ1v) is 6.25. The fraction of sp³-hybridized carbons (Fsp3) is 0.917. The molecule has 3 N–H and O–H groups in total. The van der Waals surface area contributed by atoms with E-state index < -0.39 is 5.60 Å². The molecule has 2 saturated carbocycles. The van der Waals surface area contributed by atoms with Crippen LogP contribution in [0.5, 0.6) is 0 Å². The minimum absolute atomic E-state index is 0.193. The first-order valence-electron chi connectivity index (χ1n) is 6.25. The van der Waals surface area contributed by atoms with Crippen molar-refractivity contribution in [3.05, 3.63) is 0 Å². The largest absolute Gasteiger partial charge is 0.385 e. The van der Waals surface area contributed by atoms with Gasteiger partial charge in [0.25, 0.3) is 0 Å². The van der Waals surface area contributed by atoms with E-state index >= 15 is 0 Å². The van der Waals surface area contributed by atoms with Crippen LogP contribution in [0.15, 0.2) is 4.99 Å². The van der Waals surface area contributed by atoms with Crippen LogP contribution < -0.4 is 5.73 Å². The molecule has 4 heteroatoms. The number of nitrogens with zero attached hydrogens (tertiary/aromatic N) is 1. The summed E-state index contributed by atoms with van der Waals surface area (Å²) in [7, 11) is 1.75. The Morgan fingerprint density at radius 1 is 1.38 bits per heavy atom. The molecule has 0 aromatic rings. The van der Waals surface area contributed by atoms with E-state index in [9.17, 15) is 5.11 Å². The third-order valence-corrected chi connectivity index (χ3v) is 4.58. The van der Waals surface area contributed by atoms with Crippen LogP contribution in [-0.4, -0.2) is 35.8 Å². The highest BCUT2D eigenvalue weighted by atomic mass is 16.5. The van der Waals surface area contributed by atoms with Crippen LogP contribution in [0.1, 0.15) is 32.1 Å². The average molecular weight is 224 g/mol. The Bertz CT molecular complexity index is 327. The Hall–Kier alpha value is -0.610. The van der Waals surface area contributed by atoms with Gasteiger partial charge in [0.15, 0.2) is 0 Å². The SMILES string of the molecule is COC1CCC2N=C(N)C(O)(C3CC3)C2C1. The highest BCUT2D eigenvalue weighted by Gasteiger charge is 2.58. The van der Waals surface area contributed by atoms with E-state index in [-0.39, 0.29) is 18.1 Å². The molecule has 4 atom stereocenters. The zero-order chi connectivity index (χ0) is 11.3. The lowest BCUT2D eigenvalue weighted by atomic mass is 9.72. The summed E-state index contributed by atoms with van der Waals surface area (Å²) in [6.07, 6.45) is 5.39. The van der Waals surface area contributed by atoms with E-state index in [4.69, 9.17) is 10.5 Å². The van der Waals surface area contributed by atoms with Gasteiger partial charge in [-0.3, -0.25) is 4.99 Å². The van der Waals surface area contributed by atoms with Gasteiger partial charge in [0.05, 0.1) is 12.1 Å². The molecular formula is C12H20N2O2. The molecule has 2 aliphatic carbocycles. The van der Waals surface area contributed by atoms with Crippen LogP contribution in [0.3, 0.4) is 0 Å². The molecule has 0 amide bonds. The standard InChI is InChI=1S/C12H20N2O2/c1-16-8-4-5-10-9(6-8)12(15,7-2-3-7)11(13)14-10/h7-10,15H,2-6H2,1H3,(H2,13,14). The molecule has 0 saturated heterocycles. The maximum absolute atomic E-state index is 10.8. The lowest BCUT2D eigenvalue weighted by molar-refractivity contribution is -0.0301. The minimum atomic E-state index is -0.818. The number of ether oxygens (including phenoxy) is 1. The highest BCUT2D eigenvalue weighted by molar-refractivity contribution is 5.92. The normalized spacial score (nSPS) is 47.6. The molecule has 0 aromatic carbocycles. The Labute approximate surface area is 95.9 Å². The third-order valence-electron chi connectivity index (χ3n) is 4.58. The topological polar surface area (TPSA) is 67.8 Å². The summed E-state index contributed by atoms with van der Waals surface area (Å²) in [6, 6.07) is 0.233. The summed E-state index contributed by atoms with van der Waals surface area (Å²) in [6.45, 7) is 0. The molecule has 90 valence electrons. The van der Waals surface area contributed by atoms with Crippen LogP contribution in [0.4, 0.5) is 0 Å². The first kappa shape index (κ1) is 10.5. The first-order chi connectivity index (χ1) is 7.66. The Morgan fingerprint density at radius 3 is 2.75 bits per heavy atom. The van der Waals surface area contributed by atoms with Gasteiger partial charge in [-0.05, 0) is 38.0 Å². The number of aliphatic hydroxyl groups is 1. The van der Waals surface area contributed by atoms with E-state index in [0.29, 0.717) is 11.8 Å². The van der Waals surface area contributed by atoms with Gasteiger partial charge in [-0.1, -0.05) is 0 Å². The molecule has 1 heterocycles. The molecule has 2 fully saturated rings. The van der Waals surface area contributed by atoms with Crippen molar-refractivity contribution in [1.29, 1.82) is 0 Å². The number of methoxy groups -OCH3 is 1. The molecule has 3 rings (SSSR count). The molecule has 3 aliphatic rings. The number of nitrogens with two attached hydrogens (primary N) is 1. The number of aliphatic imine (C=N–C) groups is 1. The number of rotatable bonds is 2. The number of amidine groups is 1. The summed E-state index contributed by atoms with van der Waals surface area (Å²) >= 11 is 0. The van der Waals surface area contributed by atoms with Crippen LogP contribution in [0.25, 0.3) is 0 Å². The van der Waals surface area contributed by atoms with Crippen molar-refractivity contribution in [3.8, 4) is 0 Å². The Balaban J connectivity index is 1.85. The fourth-order valence-corrected chi connectivity index (χ4v) is 3.46. The number of fused-ring (bicyclic) bond motifs is 1. The molecule has 0 radical (unpaired) electrons. The molecule has 16 heavy (non-hydrogen) atoms. The van der Waals surface area contributed by atoms with Gasteiger partial charge in [-0.25, -0.2) is 0 Å². The zero-order valence-corrected chi connectivity index (χ0v) is 9.72. The lowest BCUT2D eigenvalue weighted by Crippen LogP contribution is -2.52. The molecule has 0 bridgehead atoms. The van der Waals surface area contributed by atoms with Gasteiger partial charge in [-0.15, -0.1) is 0 Å². The third kappa shape index (κ3) is 1.32. The summed E-state index contributed by atoms with van der Waals surface area (Å²) in [5.41, 5.74) is 5.14. The maximum Gasteiger partial charge on any atom is 0.129 e. The predicted molar refractivity (Wildman–Crippen MR) is 61.2 cm³/mol. The molecular weight excluding hydrogens is 204 g/mol. The van der Waals surface area contributed by atoms with Crippen molar-refractivity contribution >= 4 is 5.84 Å². The van der Waals surface area contributed by atoms with Crippen molar-refractivity contribution in [2.45, 2.75) is 49.9 Å². The average Bonchev–Trinajstić information content (AvgIpc) is 3.09. The second-order valence-corrected chi connectivity index (χ2v) is 5.46. The van der Waals surface area contributed by atoms with Gasteiger partial charge >= 0.3 is 0 Å². The fourth-order valence-electron chi connectivity index (χ4n) is 3.46. The second-order valence-electron chi connectivity index (χ2n) is 5.46. The maximum atomic E-state index is 10.8. The van der Waals surface area contributed by atoms with Gasteiger partial charge in [0.1, 0.15) is 11.4 Å². The number of hydrogen-bond acceptors (Lipinski definition) is 4. The summed E-state index contributed by atoms with van der Waals surface area (Å²) < 4.78 is 5.43. The molecule has 0 spiro atoms. The van der Waals surface area contributed by atoms with Gasteiger partial charge in [-0.2, -0.15) is 0 Å². The van der Waals surface area contributed by atoms with Crippen molar-refractivity contribution in [2.75, 3.05) is 7.11 Å². The van der Waals surface area contributed by atoms with Crippen molar-refractivity contribution < 1.29 is 9.84 Å². The molecule has 4 nitrogen and oxygen atoms in total. The predicted octanol–water partition coefficient (Wildman–Crippen LogP) is 0.682. The quantitative estimate of drug-likeness (QED) is 0.725. The van der Waals surface area contributed by atoms with Crippen LogP contribution in [0.2, 0.25) is 0 Å².